The van der Waals surface area contributed by atoms with Crippen LogP contribution >= 0.6 is 0 Å². The molecule has 0 bridgehead atoms. The molecule has 1 atom stereocenters. The molecule has 4 nitrogen and oxygen atoms in total. The van der Waals surface area contributed by atoms with E-state index in [0.717, 1.165) is 37.2 Å². The Hall–Kier alpha value is -1.55. The maximum atomic E-state index is 12.6. The number of hydrogen-bond donors (Lipinski definition) is 1. The second-order valence-corrected chi connectivity index (χ2v) is 5.90. The van der Waals surface area contributed by atoms with Crippen molar-refractivity contribution < 1.29 is 9.53 Å². The lowest BCUT2D eigenvalue weighted by Gasteiger charge is -2.30. The van der Waals surface area contributed by atoms with Crippen molar-refractivity contribution >= 4 is 5.91 Å². The summed E-state index contributed by atoms with van der Waals surface area (Å²) >= 11 is 0. The van der Waals surface area contributed by atoms with Crippen LogP contribution in [0.5, 0.6) is 5.75 Å². The van der Waals surface area contributed by atoms with Gasteiger partial charge in [-0.25, -0.2) is 0 Å². The van der Waals surface area contributed by atoms with Gasteiger partial charge in [-0.1, -0.05) is 25.1 Å². The number of nitrogens with zero attached hydrogens (tertiary/aromatic N) is 1. The molecule has 1 amide bonds. The number of likely N-dealkylation sites (N-methyl/N-ethyl adjacent to an activating group) is 1. The molecule has 1 fully saturated rings. The van der Waals surface area contributed by atoms with Crippen LogP contribution in [0.25, 0.3) is 0 Å². The number of ether oxygens (including phenoxy) is 1. The number of benzene rings is 1. The quantitative estimate of drug-likeness (QED) is 0.873. The topological polar surface area (TPSA) is 41.6 Å². The zero-order valence-corrected chi connectivity index (χ0v) is 13.3. The molecule has 1 aliphatic rings. The first-order valence-electron chi connectivity index (χ1n) is 7.74. The summed E-state index contributed by atoms with van der Waals surface area (Å²) in [6.45, 7) is 7.01. The van der Waals surface area contributed by atoms with Crippen LogP contribution in [-0.2, 0) is 4.79 Å². The van der Waals surface area contributed by atoms with Crippen LogP contribution in [0.2, 0.25) is 0 Å². The van der Waals surface area contributed by atoms with Crippen molar-refractivity contribution in [3.63, 3.8) is 0 Å². The van der Waals surface area contributed by atoms with E-state index < -0.39 is 0 Å². The van der Waals surface area contributed by atoms with Crippen LogP contribution < -0.4 is 10.1 Å². The Labute approximate surface area is 127 Å². The third-order valence-electron chi connectivity index (χ3n) is 4.50. The number of carbonyl (C=O) groups excluding carboxylic acids is 1. The van der Waals surface area contributed by atoms with E-state index in [9.17, 15) is 4.79 Å². The van der Waals surface area contributed by atoms with Crippen molar-refractivity contribution in [2.45, 2.75) is 26.7 Å². The molecule has 1 aliphatic heterocycles. The summed E-state index contributed by atoms with van der Waals surface area (Å²) in [6.07, 6.45) is 1.83. The number of aryl methyl sites for hydroxylation is 1. The number of rotatable bonds is 6. The molecule has 4 heteroatoms. The smallest absolute Gasteiger partial charge is 0.229 e. The van der Waals surface area contributed by atoms with Crippen molar-refractivity contribution in [2.24, 2.45) is 5.41 Å². The summed E-state index contributed by atoms with van der Waals surface area (Å²) in [6, 6.07) is 7.95. The van der Waals surface area contributed by atoms with Crippen LogP contribution in [-0.4, -0.2) is 44.1 Å². The Kier molecular flexibility index (Phi) is 5.23. The molecular weight excluding hydrogens is 264 g/mol. The first kappa shape index (κ1) is 15.8. The highest BCUT2D eigenvalue weighted by Crippen LogP contribution is 2.31. The average Bonchev–Trinajstić information content (AvgIpc) is 2.98. The van der Waals surface area contributed by atoms with Crippen LogP contribution in [0, 0.1) is 12.3 Å². The van der Waals surface area contributed by atoms with Gasteiger partial charge in [0.1, 0.15) is 12.4 Å². The fraction of sp³-hybridized carbons (Fsp3) is 0.588. The summed E-state index contributed by atoms with van der Waals surface area (Å²) in [5.41, 5.74) is 0.911. The van der Waals surface area contributed by atoms with Crippen LogP contribution in [0.4, 0.5) is 0 Å². The molecule has 1 aromatic carbocycles. The maximum absolute atomic E-state index is 12.6. The summed E-state index contributed by atoms with van der Waals surface area (Å²) in [5, 5.41) is 3.31. The lowest BCUT2D eigenvalue weighted by molar-refractivity contribution is -0.140. The summed E-state index contributed by atoms with van der Waals surface area (Å²) in [5.74, 6) is 1.13. The van der Waals surface area contributed by atoms with Gasteiger partial charge in [0, 0.05) is 13.6 Å². The Morgan fingerprint density at radius 3 is 2.81 bits per heavy atom. The molecule has 1 N–H and O–H groups in total. The molecule has 1 unspecified atom stereocenters. The van der Waals surface area contributed by atoms with E-state index in [1.807, 2.05) is 43.1 Å². The van der Waals surface area contributed by atoms with Gasteiger partial charge in [0.2, 0.25) is 5.91 Å². The molecular formula is C17H26N2O2. The first-order valence-corrected chi connectivity index (χ1v) is 7.74. The SMILES string of the molecule is CCC1(C(=O)N(C)CCOc2ccccc2C)CCNC1. The molecule has 116 valence electrons. The normalized spacial score (nSPS) is 21.3. The number of nitrogens with one attached hydrogen (secondary N) is 1. The molecule has 0 saturated carbocycles. The third kappa shape index (κ3) is 3.56. The summed E-state index contributed by atoms with van der Waals surface area (Å²) in [4.78, 5) is 14.5. The molecule has 0 aromatic heterocycles. The lowest BCUT2D eigenvalue weighted by Crippen LogP contribution is -2.44. The zero-order chi connectivity index (χ0) is 15.3. The fourth-order valence-electron chi connectivity index (χ4n) is 2.90. The Balaban J connectivity index is 1.85. The highest BCUT2D eigenvalue weighted by atomic mass is 16.5. The van der Waals surface area contributed by atoms with Gasteiger partial charge in [0.15, 0.2) is 0 Å². The fourth-order valence-corrected chi connectivity index (χ4v) is 2.90. The van der Waals surface area contributed by atoms with Crippen molar-refractivity contribution in [2.75, 3.05) is 33.3 Å². The predicted molar refractivity (Wildman–Crippen MR) is 84.5 cm³/mol. The summed E-state index contributed by atoms with van der Waals surface area (Å²) < 4.78 is 5.78. The summed E-state index contributed by atoms with van der Waals surface area (Å²) in [7, 11) is 1.87. The second kappa shape index (κ2) is 6.94. The van der Waals surface area contributed by atoms with E-state index in [-0.39, 0.29) is 11.3 Å². The lowest BCUT2D eigenvalue weighted by atomic mass is 9.83. The highest BCUT2D eigenvalue weighted by Gasteiger charge is 2.40. The highest BCUT2D eigenvalue weighted by molar-refractivity contribution is 5.83. The van der Waals surface area contributed by atoms with Crippen molar-refractivity contribution in [3.05, 3.63) is 29.8 Å². The number of amides is 1. The van der Waals surface area contributed by atoms with Gasteiger partial charge < -0.3 is 15.0 Å². The van der Waals surface area contributed by atoms with Gasteiger partial charge in [0.05, 0.1) is 12.0 Å². The third-order valence-corrected chi connectivity index (χ3v) is 4.50. The number of hydrogen-bond acceptors (Lipinski definition) is 3. The van der Waals surface area contributed by atoms with E-state index in [1.54, 1.807) is 0 Å². The monoisotopic (exact) mass is 290 g/mol. The minimum absolute atomic E-state index is 0.211. The first-order chi connectivity index (χ1) is 10.1. The van der Waals surface area contributed by atoms with E-state index >= 15 is 0 Å². The van der Waals surface area contributed by atoms with E-state index in [0.29, 0.717) is 13.2 Å². The Morgan fingerprint density at radius 2 is 2.19 bits per heavy atom. The van der Waals surface area contributed by atoms with Crippen molar-refractivity contribution in [1.29, 1.82) is 0 Å². The molecule has 2 rings (SSSR count). The predicted octanol–water partition coefficient (Wildman–Crippen LogP) is 2.22. The zero-order valence-electron chi connectivity index (χ0n) is 13.3. The van der Waals surface area contributed by atoms with E-state index in [2.05, 4.69) is 12.2 Å². The van der Waals surface area contributed by atoms with Gasteiger partial charge in [-0.15, -0.1) is 0 Å². The standard InChI is InChI=1S/C17H26N2O2/c1-4-17(9-10-18-13-17)16(20)19(3)11-12-21-15-8-6-5-7-14(15)2/h5-8,18H,4,9-13H2,1-3H3. The molecule has 1 aromatic rings. The van der Waals surface area contributed by atoms with Crippen molar-refractivity contribution in [1.82, 2.24) is 10.2 Å². The van der Waals surface area contributed by atoms with Gasteiger partial charge in [-0.05, 0) is 37.9 Å². The Morgan fingerprint density at radius 1 is 1.43 bits per heavy atom. The second-order valence-electron chi connectivity index (χ2n) is 5.90. The van der Waals surface area contributed by atoms with Gasteiger partial charge in [-0.2, -0.15) is 0 Å². The van der Waals surface area contributed by atoms with Crippen LogP contribution in [0.3, 0.4) is 0 Å². The maximum Gasteiger partial charge on any atom is 0.229 e. The minimum Gasteiger partial charge on any atom is -0.491 e. The minimum atomic E-state index is -0.211. The molecule has 1 saturated heterocycles. The number of carbonyl (C=O) groups is 1. The van der Waals surface area contributed by atoms with E-state index in [4.69, 9.17) is 4.74 Å². The molecule has 0 aliphatic carbocycles. The molecule has 0 spiro atoms. The van der Waals surface area contributed by atoms with Gasteiger partial charge in [0.25, 0.3) is 0 Å². The molecule has 21 heavy (non-hydrogen) atoms. The van der Waals surface area contributed by atoms with E-state index in [1.165, 1.54) is 0 Å². The number of para-hydroxylation sites is 1. The Bertz CT molecular complexity index is 481. The average molecular weight is 290 g/mol. The van der Waals surface area contributed by atoms with Crippen LogP contribution in [0.15, 0.2) is 24.3 Å². The van der Waals surface area contributed by atoms with Crippen molar-refractivity contribution in [3.8, 4) is 5.75 Å². The van der Waals surface area contributed by atoms with Gasteiger partial charge in [-0.3, -0.25) is 4.79 Å². The largest absolute Gasteiger partial charge is 0.491 e. The molecule has 0 radical (unpaired) electrons. The van der Waals surface area contributed by atoms with Gasteiger partial charge >= 0.3 is 0 Å². The van der Waals surface area contributed by atoms with Crippen LogP contribution in [0.1, 0.15) is 25.3 Å². The molecule has 1 heterocycles.